The molecule has 0 saturated heterocycles. The summed E-state index contributed by atoms with van der Waals surface area (Å²) in [5.74, 6) is 4.81. The lowest BCUT2D eigenvalue weighted by Crippen LogP contribution is -2.10. The van der Waals surface area contributed by atoms with Crippen molar-refractivity contribution in [3.05, 3.63) is 11.6 Å². The van der Waals surface area contributed by atoms with Crippen molar-refractivity contribution >= 4 is 11.8 Å². The molecule has 0 unspecified atom stereocenters. The highest BCUT2D eigenvalue weighted by atomic mass is 16.5. The highest BCUT2D eigenvalue weighted by Gasteiger charge is 2.15. The average molecular weight is 250 g/mol. The molecule has 0 aromatic rings. The Bertz CT molecular complexity index is 392. The number of ketones is 1. The fourth-order valence-electron chi connectivity index (χ4n) is 1.26. The van der Waals surface area contributed by atoms with Gasteiger partial charge in [0.2, 0.25) is 0 Å². The fourth-order valence-corrected chi connectivity index (χ4v) is 1.26. The van der Waals surface area contributed by atoms with Crippen LogP contribution in [0.5, 0.6) is 0 Å². The third-order valence-corrected chi connectivity index (χ3v) is 2.82. The van der Waals surface area contributed by atoms with Gasteiger partial charge in [-0.2, -0.15) is 0 Å². The Hall–Kier alpha value is -1.56. The minimum atomic E-state index is -0.500. The van der Waals surface area contributed by atoms with E-state index in [4.69, 9.17) is 0 Å². The first-order valence-electron chi connectivity index (χ1n) is 6.03. The normalized spacial score (nSPS) is 11.5. The van der Waals surface area contributed by atoms with Gasteiger partial charge < -0.3 is 4.74 Å². The number of rotatable bonds is 5. The van der Waals surface area contributed by atoms with Crippen molar-refractivity contribution < 1.29 is 14.3 Å². The molecule has 3 nitrogen and oxygen atoms in total. The van der Waals surface area contributed by atoms with Crippen molar-refractivity contribution in [3.8, 4) is 11.8 Å². The molecule has 18 heavy (non-hydrogen) atoms. The average Bonchev–Trinajstić information content (AvgIpc) is 2.31. The molecule has 0 spiro atoms. The summed E-state index contributed by atoms with van der Waals surface area (Å²) in [5, 5.41) is 0. The molecular weight excluding hydrogens is 228 g/mol. The maximum absolute atomic E-state index is 11.1. The van der Waals surface area contributed by atoms with E-state index in [0.29, 0.717) is 6.42 Å². The highest BCUT2D eigenvalue weighted by Crippen LogP contribution is 2.27. The molecule has 0 amide bonds. The molecule has 0 atom stereocenters. The van der Waals surface area contributed by atoms with Crippen LogP contribution in [-0.2, 0) is 14.3 Å². The lowest BCUT2D eigenvalue weighted by molar-refractivity contribution is -0.133. The topological polar surface area (TPSA) is 43.4 Å². The van der Waals surface area contributed by atoms with Crippen LogP contribution in [0.25, 0.3) is 0 Å². The van der Waals surface area contributed by atoms with Gasteiger partial charge in [-0.25, -0.2) is 4.79 Å². The zero-order valence-electron chi connectivity index (χ0n) is 11.9. The Kier molecular flexibility index (Phi) is 7.04. The van der Waals surface area contributed by atoms with Crippen LogP contribution in [0.3, 0.4) is 0 Å². The second-order valence-corrected chi connectivity index (χ2v) is 5.11. The summed E-state index contributed by atoms with van der Waals surface area (Å²) in [6, 6.07) is 0. The fraction of sp³-hybridized carbons (Fsp3) is 0.600. The van der Waals surface area contributed by atoms with Gasteiger partial charge in [-0.1, -0.05) is 25.8 Å². The van der Waals surface area contributed by atoms with E-state index < -0.39 is 5.97 Å². The van der Waals surface area contributed by atoms with E-state index in [1.54, 1.807) is 6.92 Å². The molecule has 0 saturated carbocycles. The number of allylic oxidation sites excluding steroid dienone is 2. The smallest absolute Gasteiger partial charge is 0.384 e. The van der Waals surface area contributed by atoms with Crippen LogP contribution >= 0.6 is 0 Å². The molecule has 100 valence electrons. The van der Waals surface area contributed by atoms with Crippen LogP contribution in [0, 0.1) is 17.3 Å². The largest absolute Gasteiger partial charge is 0.459 e. The van der Waals surface area contributed by atoms with Gasteiger partial charge in [0.1, 0.15) is 0 Å². The van der Waals surface area contributed by atoms with Gasteiger partial charge in [-0.3, -0.25) is 4.79 Å². The molecular formula is C15H22O3. The first-order valence-corrected chi connectivity index (χ1v) is 6.03. The van der Waals surface area contributed by atoms with Gasteiger partial charge in [0, 0.05) is 12.3 Å². The van der Waals surface area contributed by atoms with Gasteiger partial charge in [-0.15, -0.1) is 0 Å². The predicted octanol–water partition coefficient (Wildman–Crippen LogP) is 2.89. The Balaban J connectivity index is 4.23. The number of methoxy groups -OCH3 is 1. The van der Waals surface area contributed by atoms with Crippen molar-refractivity contribution in [1.29, 1.82) is 0 Å². The molecule has 0 heterocycles. The lowest BCUT2D eigenvalue weighted by atomic mass is 9.83. The Morgan fingerprint density at radius 2 is 1.89 bits per heavy atom. The number of carbonyl (C=O) groups is 2. The third-order valence-electron chi connectivity index (χ3n) is 2.82. The van der Waals surface area contributed by atoms with Gasteiger partial charge in [0.15, 0.2) is 5.78 Å². The summed E-state index contributed by atoms with van der Waals surface area (Å²) in [4.78, 5) is 21.9. The molecule has 0 fully saturated rings. The Labute approximate surface area is 110 Å². The highest BCUT2D eigenvalue weighted by molar-refractivity contribution is 5.92. The SMILES string of the molecule is COC(=O)C#CCCC(C)(C)C/C=C(/C)C(C)=O. The van der Waals surface area contributed by atoms with E-state index in [1.165, 1.54) is 7.11 Å². The molecule has 0 aromatic heterocycles. The van der Waals surface area contributed by atoms with Crippen LogP contribution in [0.4, 0.5) is 0 Å². The zero-order valence-corrected chi connectivity index (χ0v) is 11.9. The van der Waals surface area contributed by atoms with Crippen LogP contribution in [0.2, 0.25) is 0 Å². The number of carbonyl (C=O) groups excluding carboxylic acids is 2. The first kappa shape index (κ1) is 16.4. The third kappa shape index (κ3) is 7.67. The quantitative estimate of drug-likeness (QED) is 0.326. The maximum atomic E-state index is 11.1. The van der Waals surface area contributed by atoms with Gasteiger partial charge in [0.05, 0.1) is 7.11 Å². The van der Waals surface area contributed by atoms with E-state index in [9.17, 15) is 9.59 Å². The Morgan fingerprint density at radius 3 is 2.39 bits per heavy atom. The van der Waals surface area contributed by atoms with Gasteiger partial charge in [0.25, 0.3) is 0 Å². The van der Waals surface area contributed by atoms with Crippen molar-refractivity contribution in [3.63, 3.8) is 0 Å². The first-order chi connectivity index (χ1) is 8.28. The molecule has 0 radical (unpaired) electrons. The molecule has 0 bridgehead atoms. The maximum Gasteiger partial charge on any atom is 0.384 e. The molecule has 0 N–H and O–H groups in total. The summed E-state index contributed by atoms with van der Waals surface area (Å²) in [6.07, 6.45) is 4.32. The van der Waals surface area contributed by atoms with E-state index in [-0.39, 0.29) is 11.2 Å². The van der Waals surface area contributed by atoms with Crippen molar-refractivity contribution in [2.75, 3.05) is 7.11 Å². The van der Waals surface area contributed by atoms with Crippen LogP contribution in [0.1, 0.15) is 47.0 Å². The summed E-state index contributed by atoms with van der Waals surface area (Å²) >= 11 is 0. The number of esters is 1. The van der Waals surface area contributed by atoms with Gasteiger partial charge in [-0.05, 0) is 37.7 Å². The summed E-state index contributed by atoms with van der Waals surface area (Å²) in [6.45, 7) is 7.64. The molecule has 0 aromatic carbocycles. The van der Waals surface area contributed by atoms with E-state index in [1.807, 2.05) is 13.0 Å². The van der Waals surface area contributed by atoms with Crippen LogP contribution in [0.15, 0.2) is 11.6 Å². The summed E-state index contributed by atoms with van der Waals surface area (Å²) < 4.78 is 4.43. The lowest BCUT2D eigenvalue weighted by Gasteiger charge is -2.21. The summed E-state index contributed by atoms with van der Waals surface area (Å²) in [5.41, 5.74) is 0.866. The monoisotopic (exact) mass is 250 g/mol. The van der Waals surface area contributed by atoms with Crippen molar-refractivity contribution in [2.45, 2.75) is 47.0 Å². The standard InChI is InChI=1S/C15H22O3/c1-12(13(2)16)9-11-15(3,4)10-7-6-8-14(17)18-5/h9H,7,10-11H2,1-5H3/b12-9-. The van der Waals surface area contributed by atoms with E-state index in [0.717, 1.165) is 18.4 Å². The summed E-state index contributed by atoms with van der Waals surface area (Å²) in [7, 11) is 1.32. The molecule has 0 aliphatic rings. The molecule has 3 heteroatoms. The zero-order chi connectivity index (χ0) is 14.2. The van der Waals surface area contributed by atoms with E-state index in [2.05, 4.69) is 30.4 Å². The Morgan fingerprint density at radius 1 is 1.28 bits per heavy atom. The second-order valence-electron chi connectivity index (χ2n) is 5.11. The van der Waals surface area contributed by atoms with E-state index >= 15 is 0 Å². The van der Waals surface area contributed by atoms with Crippen molar-refractivity contribution in [2.24, 2.45) is 5.41 Å². The van der Waals surface area contributed by atoms with Crippen molar-refractivity contribution in [1.82, 2.24) is 0 Å². The second kappa shape index (κ2) is 7.71. The molecule has 0 aliphatic heterocycles. The minimum Gasteiger partial charge on any atom is -0.459 e. The van der Waals surface area contributed by atoms with Gasteiger partial charge >= 0.3 is 5.97 Å². The number of hydrogen-bond donors (Lipinski definition) is 0. The molecule has 0 rings (SSSR count). The number of ether oxygens (including phenoxy) is 1. The number of Topliss-reactive ketones (excluding diaryl/α,β-unsaturated/α-hetero) is 1. The number of hydrogen-bond acceptors (Lipinski definition) is 3. The minimum absolute atomic E-state index is 0.0709. The van der Waals surface area contributed by atoms with Crippen LogP contribution < -0.4 is 0 Å². The predicted molar refractivity (Wildman–Crippen MR) is 71.9 cm³/mol. The van der Waals surface area contributed by atoms with Crippen LogP contribution in [-0.4, -0.2) is 18.9 Å². The molecule has 0 aliphatic carbocycles.